The first-order valence-electron chi connectivity index (χ1n) is 4.75. The number of rotatable bonds is 6. The van der Waals surface area contributed by atoms with Gasteiger partial charge in [0, 0.05) is 26.9 Å². The van der Waals surface area contributed by atoms with Crippen LogP contribution in [-0.2, 0) is 4.79 Å². The van der Waals surface area contributed by atoms with Crippen molar-refractivity contribution in [1.29, 1.82) is 0 Å². The SMILES string of the molecule is CC(=O)N(C)CC(O)CC(O)C(O)CO. The van der Waals surface area contributed by atoms with Crippen LogP contribution in [0, 0.1) is 0 Å². The molecule has 1 amide bonds. The fraction of sp³-hybridized carbons (Fsp3) is 0.889. The van der Waals surface area contributed by atoms with Gasteiger partial charge < -0.3 is 25.3 Å². The lowest BCUT2D eigenvalue weighted by Gasteiger charge is -2.22. The average molecular weight is 221 g/mol. The van der Waals surface area contributed by atoms with Crippen molar-refractivity contribution >= 4 is 5.91 Å². The molecule has 0 aromatic carbocycles. The van der Waals surface area contributed by atoms with Gasteiger partial charge in [-0.15, -0.1) is 0 Å². The van der Waals surface area contributed by atoms with E-state index >= 15 is 0 Å². The van der Waals surface area contributed by atoms with E-state index in [0.717, 1.165) is 0 Å². The molecule has 0 saturated heterocycles. The first-order valence-corrected chi connectivity index (χ1v) is 4.75. The number of hydrogen-bond acceptors (Lipinski definition) is 5. The van der Waals surface area contributed by atoms with Gasteiger partial charge in [-0.05, 0) is 0 Å². The van der Waals surface area contributed by atoms with E-state index in [1.54, 1.807) is 0 Å². The molecule has 0 aliphatic heterocycles. The predicted octanol–water partition coefficient (Wildman–Crippen LogP) is -2.07. The number of carbonyl (C=O) groups is 1. The zero-order chi connectivity index (χ0) is 12.0. The van der Waals surface area contributed by atoms with Crippen molar-refractivity contribution in [3.8, 4) is 0 Å². The van der Waals surface area contributed by atoms with Gasteiger partial charge >= 0.3 is 0 Å². The minimum absolute atomic E-state index is 0.0840. The molecular formula is C9H19NO5. The monoisotopic (exact) mass is 221 g/mol. The molecular weight excluding hydrogens is 202 g/mol. The van der Waals surface area contributed by atoms with Crippen molar-refractivity contribution in [2.24, 2.45) is 0 Å². The standard InChI is InChI=1S/C9H19NO5/c1-6(12)10(2)4-7(13)3-8(14)9(15)5-11/h7-9,11,13-15H,3-5H2,1-2H3. The molecule has 0 rings (SSSR count). The van der Waals surface area contributed by atoms with Gasteiger partial charge in [0.1, 0.15) is 6.10 Å². The molecule has 0 spiro atoms. The molecule has 3 atom stereocenters. The molecule has 0 bridgehead atoms. The summed E-state index contributed by atoms with van der Waals surface area (Å²) in [5.74, 6) is -0.189. The number of aliphatic hydroxyl groups is 4. The van der Waals surface area contributed by atoms with E-state index in [-0.39, 0.29) is 18.9 Å². The number of hydrogen-bond donors (Lipinski definition) is 4. The van der Waals surface area contributed by atoms with Crippen LogP contribution < -0.4 is 0 Å². The normalized spacial score (nSPS) is 16.9. The second-order valence-corrected chi connectivity index (χ2v) is 3.61. The van der Waals surface area contributed by atoms with Crippen molar-refractivity contribution < 1.29 is 25.2 Å². The van der Waals surface area contributed by atoms with E-state index in [9.17, 15) is 15.0 Å². The summed E-state index contributed by atoms with van der Waals surface area (Å²) in [4.78, 5) is 12.1. The van der Waals surface area contributed by atoms with E-state index in [4.69, 9.17) is 10.2 Å². The van der Waals surface area contributed by atoms with E-state index in [1.807, 2.05) is 0 Å². The Hall–Kier alpha value is -0.690. The van der Waals surface area contributed by atoms with Gasteiger partial charge in [-0.1, -0.05) is 0 Å². The summed E-state index contributed by atoms with van der Waals surface area (Å²) in [6.45, 7) is 0.896. The quantitative estimate of drug-likeness (QED) is 0.413. The summed E-state index contributed by atoms with van der Waals surface area (Å²) < 4.78 is 0. The summed E-state index contributed by atoms with van der Waals surface area (Å²) in [6.07, 6.45) is -3.46. The number of nitrogens with zero attached hydrogens (tertiary/aromatic N) is 1. The largest absolute Gasteiger partial charge is 0.394 e. The Morgan fingerprint density at radius 2 is 1.80 bits per heavy atom. The third-order valence-electron chi connectivity index (χ3n) is 2.17. The molecule has 4 N–H and O–H groups in total. The zero-order valence-corrected chi connectivity index (χ0v) is 9.00. The van der Waals surface area contributed by atoms with E-state index in [1.165, 1.54) is 18.9 Å². The number of carbonyl (C=O) groups excluding carboxylic acids is 1. The van der Waals surface area contributed by atoms with Gasteiger partial charge in [0.25, 0.3) is 0 Å². The van der Waals surface area contributed by atoms with Crippen LogP contribution >= 0.6 is 0 Å². The van der Waals surface area contributed by atoms with E-state index in [0.29, 0.717) is 0 Å². The first-order chi connectivity index (χ1) is 6.88. The molecule has 0 aliphatic carbocycles. The number of likely N-dealkylation sites (N-methyl/N-ethyl adjacent to an activating group) is 1. The Morgan fingerprint density at radius 3 is 2.20 bits per heavy atom. The zero-order valence-electron chi connectivity index (χ0n) is 9.00. The summed E-state index contributed by atoms with van der Waals surface area (Å²) in [5.41, 5.74) is 0. The molecule has 15 heavy (non-hydrogen) atoms. The minimum atomic E-state index is -1.26. The van der Waals surface area contributed by atoms with Crippen LogP contribution in [0.5, 0.6) is 0 Å². The molecule has 0 saturated carbocycles. The maximum absolute atomic E-state index is 10.8. The van der Waals surface area contributed by atoms with Gasteiger partial charge in [-0.25, -0.2) is 0 Å². The van der Waals surface area contributed by atoms with Crippen molar-refractivity contribution in [3.63, 3.8) is 0 Å². The molecule has 3 unspecified atom stereocenters. The topological polar surface area (TPSA) is 101 Å². The molecule has 0 aromatic rings. The van der Waals surface area contributed by atoms with Gasteiger partial charge in [0.15, 0.2) is 0 Å². The highest BCUT2D eigenvalue weighted by Crippen LogP contribution is 2.04. The molecule has 0 aromatic heterocycles. The van der Waals surface area contributed by atoms with Gasteiger partial charge in [0.2, 0.25) is 5.91 Å². The highest BCUT2D eigenvalue weighted by Gasteiger charge is 2.20. The van der Waals surface area contributed by atoms with Gasteiger partial charge in [-0.2, -0.15) is 0 Å². The second kappa shape index (κ2) is 6.73. The lowest BCUT2D eigenvalue weighted by Crippen LogP contribution is -2.38. The van der Waals surface area contributed by atoms with Crippen LogP contribution in [0.1, 0.15) is 13.3 Å². The summed E-state index contributed by atoms with van der Waals surface area (Å²) in [6, 6.07) is 0. The maximum Gasteiger partial charge on any atom is 0.219 e. The molecule has 90 valence electrons. The van der Waals surface area contributed by atoms with E-state index < -0.39 is 24.9 Å². The smallest absolute Gasteiger partial charge is 0.219 e. The third kappa shape index (κ3) is 5.68. The van der Waals surface area contributed by atoms with Crippen molar-refractivity contribution in [3.05, 3.63) is 0 Å². The second-order valence-electron chi connectivity index (χ2n) is 3.61. The summed E-state index contributed by atoms with van der Waals surface area (Å²) >= 11 is 0. The van der Waals surface area contributed by atoms with E-state index in [2.05, 4.69) is 0 Å². The fourth-order valence-corrected chi connectivity index (χ4v) is 1.08. The lowest BCUT2D eigenvalue weighted by atomic mass is 10.1. The van der Waals surface area contributed by atoms with Crippen LogP contribution in [0.15, 0.2) is 0 Å². The Bertz CT molecular complexity index is 199. The van der Waals surface area contributed by atoms with Crippen LogP contribution in [0.2, 0.25) is 0 Å². The summed E-state index contributed by atoms with van der Waals surface area (Å²) in [7, 11) is 1.53. The van der Waals surface area contributed by atoms with Crippen molar-refractivity contribution in [2.45, 2.75) is 31.7 Å². The van der Waals surface area contributed by atoms with Gasteiger partial charge in [-0.3, -0.25) is 4.79 Å². The molecule has 6 heteroatoms. The Labute approximate surface area is 88.8 Å². The highest BCUT2D eigenvalue weighted by molar-refractivity contribution is 5.72. The van der Waals surface area contributed by atoms with Crippen molar-refractivity contribution in [1.82, 2.24) is 4.90 Å². The van der Waals surface area contributed by atoms with Crippen LogP contribution in [0.3, 0.4) is 0 Å². The first kappa shape index (κ1) is 14.3. The Balaban J connectivity index is 3.92. The van der Waals surface area contributed by atoms with Crippen LogP contribution in [0.4, 0.5) is 0 Å². The number of amides is 1. The average Bonchev–Trinajstić information content (AvgIpc) is 2.15. The van der Waals surface area contributed by atoms with Crippen LogP contribution in [0.25, 0.3) is 0 Å². The Morgan fingerprint density at radius 1 is 1.27 bits per heavy atom. The van der Waals surface area contributed by atoms with Crippen molar-refractivity contribution in [2.75, 3.05) is 20.2 Å². The maximum atomic E-state index is 10.8. The highest BCUT2D eigenvalue weighted by atomic mass is 16.4. The molecule has 0 aliphatic rings. The summed E-state index contributed by atoms with van der Waals surface area (Å²) in [5, 5.41) is 36.3. The molecule has 0 radical (unpaired) electrons. The third-order valence-corrected chi connectivity index (χ3v) is 2.17. The molecule has 0 heterocycles. The molecule has 0 fully saturated rings. The fourth-order valence-electron chi connectivity index (χ4n) is 1.08. The predicted molar refractivity (Wildman–Crippen MR) is 53.0 cm³/mol. The Kier molecular flexibility index (Phi) is 6.42. The minimum Gasteiger partial charge on any atom is -0.394 e. The number of aliphatic hydroxyl groups excluding tert-OH is 4. The van der Waals surface area contributed by atoms with Crippen LogP contribution in [-0.4, -0.2) is 69.7 Å². The molecule has 6 nitrogen and oxygen atoms in total. The van der Waals surface area contributed by atoms with Gasteiger partial charge in [0.05, 0.1) is 18.8 Å². The lowest BCUT2D eigenvalue weighted by molar-refractivity contribution is -0.129.